The molecule has 1 aromatic rings. The molecule has 1 saturated carbocycles. The van der Waals surface area contributed by atoms with Crippen LogP contribution in [-0.4, -0.2) is 42.3 Å². The predicted molar refractivity (Wildman–Crippen MR) is 83.9 cm³/mol. The van der Waals surface area contributed by atoms with Gasteiger partial charge in [-0.1, -0.05) is 0 Å². The molecule has 2 fully saturated rings. The van der Waals surface area contributed by atoms with Crippen LogP contribution in [0.5, 0.6) is 5.88 Å². The second-order valence-electron chi connectivity index (χ2n) is 6.18. The monoisotopic (exact) mass is 290 g/mol. The fraction of sp³-hybridized carbons (Fsp3) is 0.750. The van der Waals surface area contributed by atoms with Crippen LogP contribution >= 0.6 is 0 Å². The Morgan fingerprint density at radius 3 is 2.86 bits per heavy atom. The molecular weight excluding hydrogens is 264 g/mol. The van der Waals surface area contributed by atoms with E-state index in [1.807, 2.05) is 19.9 Å². The molecule has 116 valence electrons. The maximum absolute atomic E-state index is 5.58. The number of nitrogens with zero attached hydrogens (tertiary/aromatic N) is 3. The van der Waals surface area contributed by atoms with E-state index in [2.05, 4.69) is 20.2 Å². The number of piperidine rings is 1. The highest BCUT2D eigenvalue weighted by Gasteiger charge is 2.33. The van der Waals surface area contributed by atoms with Gasteiger partial charge in [-0.05, 0) is 58.5 Å². The Morgan fingerprint density at radius 1 is 1.33 bits per heavy atom. The maximum atomic E-state index is 5.58. The Labute approximate surface area is 127 Å². The van der Waals surface area contributed by atoms with E-state index in [1.54, 1.807) is 0 Å². The molecule has 1 saturated heterocycles. The molecule has 1 N–H and O–H groups in total. The van der Waals surface area contributed by atoms with Crippen LogP contribution < -0.4 is 15.0 Å². The van der Waals surface area contributed by atoms with Crippen molar-refractivity contribution in [3.8, 4) is 5.88 Å². The number of anilines is 1. The molecule has 2 heterocycles. The van der Waals surface area contributed by atoms with Crippen molar-refractivity contribution in [2.75, 3.05) is 31.1 Å². The highest BCUT2D eigenvalue weighted by molar-refractivity contribution is 5.37. The van der Waals surface area contributed by atoms with Gasteiger partial charge in [0.05, 0.1) is 6.61 Å². The zero-order valence-corrected chi connectivity index (χ0v) is 13.1. The molecule has 3 rings (SSSR count). The first-order chi connectivity index (χ1) is 10.3. The smallest absolute Gasteiger partial charge is 0.229 e. The number of hydrogen-bond acceptors (Lipinski definition) is 5. The van der Waals surface area contributed by atoms with Crippen LogP contribution in [0.3, 0.4) is 0 Å². The standard InChI is InChI=1S/C16H26N4O/c1-3-21-15-9-12(2)18-16(19-15)20(14-6-7-14)11-13-5-4-8-17-10-13/h9,13-14,17H,3-8,10-11H2,1-2H3. The first-order valence-electron chi connectivity index (χ1n) is 8.22. The molecule has 0 bridgehead atoms. The number of rotatable bonds is 6. The number of aromatic nitrogens is 2. The van der Waals surface area contributed by atoms with Gasteiger partial charge in [-0.25, -0.2) is 4.98 Å². The molecule has 5 heteroatoms. The van der Waals surface area contributed by atoms with Crippen LogP contribution in [0, 0.1) is 12.8 Å². The Hall–Kier alpha value is -1.36. The Balaban J connectivity index is 1.76. The second-order valence-corrected chi connectivity index (χ2v) is 6.18. The fourth-order valence-corrected chi connectivity index (χ4v) is 3.01. The van der Waals surface area contributed by atoms with E-state index < -0.39 is 0 Å². The van der Waals surface area contributed by atoms with E-state index >= 15 is 0 Å². The van der Waals surface area contributed by atoms with E-state index in [0.29, 0.717) is 24.4 Å². The molecule has 0 aromatic carbocycles. The molecule has 2 aliphatic rings. The summed E-state index contributed by atoms with van der Waals surface area (Å²) in [6, 6.07) is 2.54. The van der Waals surface area contributed by atoms with Crippen LogP contribution in [0.15, 0.2) is 6.07 Å². The minimum atomic E-state index is 0.628. The van der Waals surface area contributed by atoms with Crippen LogP contribution in [0.25, 0.3) is 0 Å². The fourth-order valence-electron chi connectivity index (χ4n) is 3.01. The normalized spacial score (nSPS) is 22.1. The Kier molecular flexibility index (Phi) is 4.58. The highest BCUT2D eigenvalue weighted by atomic mass is 16.5. The minimum Gasteiger partial charge on any atom is -0.478 e. The average Bonchev–Trinajstić information content (AvgIpc) is 3.30. The van der Waals surface area contributed by atoms with Crippen molar-refractivity contribution >= 4 is 5.95 Å². The minimum absolute atomic E-state index is 0.628. The van der Waals surface area contributed by atoms with Crippen molar-refractivity contribution in [3.05, 3.63) is 11.8 Å². The van der Waals surface area contributed by atoms with Gasteiger partial charge in [0.1, 0.15) is 0 Å². The summed E-state index contributed by atoms with van der Waals surface area (Å²) in [5, 5.41) is 3.50. The zero-order chi connectivity index (χ0) is 14.7. The summed E-state index contributed by atoms with van der Waals surface area (Å²) in [7, 11) is 0. The molecule has 0 spiro atoms. The third-order valence-electron chi connectivity index (χ3n) is 4.21. The van der Waals surface area contributed by atoms with Crippen molar-refractivity contribution < 1.29 is 4.74 Å². The molecule has 0 radical (unpaired) electrons. The summed E-state index contributed by atoms with van der Waals surface area (Å²) in [6.07, 6.45) is 5.12. The van der Waals surface area contributed by atoms with Crippen molar-refractivity contribution in [2.24, 2.45) is 5.92 Å². The SMILES string of the molecule is CCOc1cc(C)nc(N(CC2CCCNC2)C2CC2)n1. The first kappa shape index (κ1) is 14.6. The molecule has 21 heavy (non-hydrogen) atoms. The number of ether oxygens (including phenoxy) is 1. The van der Waals surface area contributed by atoms with Gasteiger partial charge in [-0.15, -0.1) is 0 Å². The van der Waals surface area contributed by atoms with Crippen LogP contribution in [0.4, 0.5) is 5.95 Å². The van der Waals surface area contributed by atoms with Crippen molar-refractivity contribution in [1.82, 2.24) is 15.3 Å². The van der Waals surface area contributed by atoms with Crippen LogP contribution in [0.2, 0.25) is 0 Å². The largest absolute Gasteiger partial charge is 0.478 e. The van der Waals surface area contributed by atoms with Crippen LogP contribution in [-0.2, 0) is 0 Å². The van der Waals surface area contributed by atoms with Gasteiger partial charge in [-0.3, -0.25) is 0 Å². The lowest BCUT2D eigenvalue weighted by Crippen LogP contribution is -2.40. The van der Waals surface area contributed by atoms with Gasteiger partial charge in [0.25, 0.3) is 0 Å². The topological polar surface area (TPSA) is 50.3 Å². The van der Waals surface area contributed by atoms with Gasteiger partial charge >= 0.3 is 0 Å². The summed E-state index contributed by atoms with van der Waals surface area (Å²) >= 11 is 0. The van der Waals surface area contributed by atoms with Gasteiger partial charge in [0, 0.05) is 24.3 Å². The number of aryl methyl sites for hydroxylation is 1. The molecule has 5 nitrogen and oxygen atoms in total. The summed E-state index contributed by atoms with van der Waals surface area (Å²) in [5.74, 6) is 2.26. The first-order valence-corrected chi connectivity index (χ1v) is 8.22. The van der Waals surface area contributed by atoms with Gasteiger partial charge in [0.15, 0.2) is 0 Å². The van der Waals surface area contributed by atoms with Crippen molar-refractivity contribution in [1.29, 1.82) is 0 Å². The summed E-state index contributed by atoms with van der Waals surface area (Å²) in [6.45, 7) is 7.99. The zero-order valence-electron chi connectivity index (χ0n) is 13.1. The van der Waals surface area contributed by atoms with E-state index in [9.17, 15) is 0 Å². The molecule has 1 unspecified atom stereocenters. The highest BCUT2D eigenvalue weighted by Crippen LogP contribution is 2.32. The lowest BCUT2D eigenvalue weighted by Gasteiger charge is -2.30. The number of nitrogens with one attached hydrogen (secondary N) is 1. The van der Waals surface area contributed by atoms with E-state index in [0.717, 1.165) is 31.3 Å². The third kappa shape index (κ3) is 3.84. The quantitative estimate of drug-likeness (QED) is 0.870. The van der Waals surface area contributed by atoms with E-state index in [1.165, 1.54) is 25.7 Å². The third-order valence-corrected chi connectivity index (χ3v) is 4.21. The molecule has 1 aliphatic carbocycles. The Morgan fingerprint density at radius 2 is 2.19 bits per heavy atom. The lowest BCUT2D eigenvalue weighted by atomic mass is 9.99. The second kappa shape index (κ2) is 6.60. The molecule has 1 aliphatic heterocycles. The summed E-state index contributed by atoms with van der Waals surface area (Å²) in [4.78, 5) is 11.7. The summed E-state index contributed by atoms with van der Waals surface area (Å²) in [5.41, 5.74) is 0.982. The molecule has 1 aromatic heterocycles. The average molecular weight is 290 g/mol. The van der Waals surface area contributed by atoms with E-state index in [4.69, 9.17) is 4.74 Å². The molecule has 0 amide bonds. The number of hydrogen-bond donors (Lipinski definition) is 1. The lowest BCUT2D eigenvalue weighted by molar-refractivity contribution is 0.325. The van der Waals surface area contributed by atoms with Crippen molar-refractivity contribution in [2.45, 2.75) is 45.6 Å². The van der Waals surface area contributed by atoms with Crippen LogP contribution in [0.1, 0.15) is 38.3 Å². The van der Waals surface area contributed by atoms with Gasteiger partial charge in [0.2, 0.25) is 11.8 Å². The molecule has 1 atom stereocenters. The Bertz CT molecular complexity index is 469. The predicted octanol–water partition coefficient (Wildman–Crippen LogP) is 2.15. The molecular formula is C16H26N4O. The van der Waals surface area contributed by atoms with Gasteiger partial charge in [-0.2, -0.15) is 4.98 Å². The maximum Gasteiger partial charge on any atom is 0.229 e. The van der Waals surface area contributed by atoms with Crippen molar-refractivity contribution in [3.63, 3.8) is 0 Å². The van der Waals surface area contributed by atoms with Gasteiger partial charge < -0.3 is 15.0 Å². The van der Waals surface area contributed by atoms with E-state index in [-0.39, 0.29) is 0 Å². The summed E-state index contributed by atoms with van der Waals surface area (Å²) < 4.78 is 5.58.